The second-order valence-electron chi connectivity index (χ2n) is 8.45. The summed E-state index contributed by atoms with van der Waals surface area (Å²) in [6.07, 6.45) is 8.05. The van der Waals surface area contributed by atoms with Crippen LogP contribution in [0.2, 0.25) is 0 Å². The van der Waals surface area contributed by atoms with Crippen molar-refractivity contribution in [2.45, 2.75) is 58.5 Å². The van der Waals surface area contributed by atoms with Crippen molar-refractivity contribution in [1.29, 1.82) is 0 Å². The minimum Gasteiger partial charge on any atom is -0.357 e. The molecular formula is C21H36IN7O2. The number of rotatable bonds is 7. The van der Waals surface area contributed by atoms with Crippen molar-refractivity contribution in [1.82, 2.24) is 30.0 Å². The van der Waals surface area contributed by atoms with Crippen molar-refractivity contribution in [3.8, 4) is 0 Å². The van der Waals surface area contributed by atoms with Crippen LogP contribution in [0.4, 0.5) is 4.79 Å². The number of guanidine groups is 1. The zero-order chi connectivity index (χ0) is 21.7. The van der Waals surface area contributed by atoms with Crippen molar-refractivity contribution in [2.24, 2.45) is 10.9 Å². The Morgan fingerprint density at radius 3 is 2.77 bits per heavy atom. The molecule has 1 aromatic rings. The maximum atomic E-state index is 12.5. The Morgan fingerprint density at radius 2 is 2.16 bits per heavy atom. The molecule has 1 aromatic heterocycles. The lowest BCUT2D eigenvalue weighted by Gasteiger charge is -2.39. The second-order valence-corrected chi connectivity index (χ2v) is 8.45. The highest BCUT2D eigenvalue weighted by Crippen LogP contribution is 2.27. The lowest BCUT2D eigenvalue weighted by atomic mass is 9.93. The molecule has 0 spiro atoms. The van der Waals surface area contributed by atoms with E-state index in [0.29, 0.717) is 37.9 Å². The van der Waals surface area contributed by atoms with E-state index in [1.807, 2.05) is 25.6 Å². The first-order valence-corrected chi connectivity index (χ1v) is 11.0. The van der Waals surface area contributed by atoms with Gasteiger partial charge in [0.2, 0.25) is 0 Å². The van der Waals surface area contributed by atoms with Gasteiger partial charge in [0.1, 0.15) is 5.54 Å². The summed E-state index contributed by atoms with van der Waals surface area (Å²) in [6.45, 7) is 11.6. The monoisotopic (exact) mass is 545 g/mol. The maximum Gasteiger partial charge on any atom is 0.325 e. The molecule has 3 atom stereocenters. The first-order chi connectivity index (χ1) is 14.4. The van der Waals surface area contributed by atoms with Crippen LogP contribution in [0.1, 0.15) is 53.0 Å². The van der Waals surface area contributed by atoms with Gasteiger partial charge in [0.05, 0.1) is 12.4 Å². The number of carbonyl (C=O) groups is 2. The molecule has 0 aromatic carbocycles. The van der Waals surface area contributed by atoms with Gasteiger partial charge in [-0.2, -0.15) is 0 Å². The lowest BCUT2D eigenvalue weighted by Crippen LogP contribution is -2.49. The van der Waals surface area contributed by atoms with Crippen LogP contribution < -0.4 is 10.6 Å². The molecule has 2 saturated heterocycles. The lowest BCUT2D eigenvalue weighted by molar-refractivity contribution is -0.130. The first kappa shape index (κ1) is 25.4. The van der Waals surface area contributed by atoms with Crippen LogP contribution in [0.5, 0.6) is 0 Å². The number of aromatic nitrogens is 2. The molecule has 0 bridgehead atoms. The number of piperidine rings is 1. The van der Waals surface area contributed by atoms with Crippen LogP contribution in [0, 0.1) is 5.92 Å². The third-order valence-electron chi connectivity index (χ3n) is 6.31. The zero-order valence-electron chi connectivity index (χ0n) is 19.0. The average Bonchev–Trinajstić information content (AvgIpc) is 3.33. The highest BCUT2D eigenvalue weighted by Gasteiger charge is 2.45. The SMILES string of the molecule is CCNC(=NCCCN1C(=O)NC(C)(CC)C1=O)N1CCC(C)C(n2ccnc2)C1.I. The van der Waals surface area contributed by atoms with Crippen LogP contribution in [0.25, 0.3) is 0 Å². The standard InChI is InChI=1S/C21H35N7O2.HI/c1-5-21(4)18(29)28(20(30)25-21)11-7-9-24-19(23-6-2)26-12-8-16(3)17(14-26)27-13-10-22-15-27;/h10,13,15-17H,5-9,11-12,14H2,1-4H3,(H,23,24)(H,25,30);1H. The molecule has 2 N–H and O–H groups in total. The van der Waals surface area contributed by atoms with Crippen molar-refractivity contribution < 1.29 is 9.59 Å². The van der Waals surface area contributed by atoms with Gasteiger partial charge in [-0.3, -0.25) is 14.7 Å². The Balaban J connectivity index is 0.00000341. The first-order valence-electron chi connectivity index (χ1n) is 11.0. The molecular weight excluding hydrogens is 509 g/mol. The van der Waals surface area contributed by atoms with Crippen molar-refractivity contribution >= 4 is 41.9 Å². The summed E-state index contributed by atoms with van der Waals surface area (Å²) in [4.78, 5) is 37.3. The normalized spacial score (nSPS) is 26.6. The van der Waals surface area contributed by atoms with Gasteiger partial charge in [0, 0.05) is 45.1 Å². The minimum atomic E-state index is -0.776. The number of urea groups is 1. The van der Waals surface area contributed by atoms with E-state index < -0.39 is 5.54 Å². The number of imidazole rings is 1. The summed E-state index contributed by atoms with van der Waals surface area (Å²) in [7, 11) is 0. The summed E-state index contributed by atoms with van der Waals surface area (Å²) in [6, 6.07) is 0.0659. The summed E-state index contributed by atoms with van der Waals surface area (Å²) in [5.74, 6) is 1.33. The van der Waals surface area contributed by atoms with Gasteiger partial charge in [-0.1, -0.05) is 13.8 Å². The van der Waals surface area contributed by atoms with Crippen LogP contribution in [0.15, 0.2) is 23.7 Å². The van der Waals surface area contributed by atoms with Crippen LogP contribution in [-0.4, -0.2) is 75.5 Å². The number of hydrogen-bond donors (Lipinski definition) is 2. The van der Waals surface area contributed by atoms with Crippen molar-refractivity contribution in [3.05, 3.63) is 18.7 Å². The largest absolute Gasteiger partial charge is 0.357 e. The number of amides is 3. The van der Waals surface area contributed by atoms with E-state index in [-0.39, 0.29) is 35.9 Å². The Morgan fingerprint density at radius 1 is 1.39 bits per heavy atom. The van der Waals surface area contributed by atoms with Gasteiger partial charge in [0.25, 0.3) is 5.91 Å². The van der Waals surface area contributed by atoms with Crippen molar-refractivity contribution in [2.75, 3.05) is 32.7 Å². The summed E-state index contributed by atoms with van der Waals surface area (Å²) in [5, 5.41) is 6.19. The molecule has 2 aliphatic rings. The molecule has 9 nitrogen and oxygen atoms in total. The molecule has 3 heterocycles. The van der Waals surface area contributed by atoms with Gasteiger partial charge in [0.15, 0.2) is 5.96 Å². The number of imide groups is 1. The Hall–Kier alpha value is -1.85. The summed E-state index contributed by atoms with van der Waals surface area (Å²) in [5.41, 5.74) is -0.776. The van der Waals surface area contributed by atoms with Gasteiger partial charge >= 0.3 is 6.03 Å². The van der Waals surface area contributed by atoms with E-state index in [1.165, 1.54) is 4.90 Å². The van der Waals surface area contributed by atoms with Gasteiger partial charge in [-0.25, -0.2) is 9.78 Å². The number of likely N-dealkylation sites (tertiary alicyclic amines) is 1. The molecule has 31 heavy (non-hydrogen) atoms. The summed E-state index contributed by atoms with van der Waals surface area (Å²) < 4.78 is 2.18. The quantitative estimate of drug-likeness (QED) is 0.181. The van der Waals surface area contributed by atoms with E-state index in [9.17, 15) is 9.59 Å². The molecule has 0 saturated carbocycles. The fourth-order valence-corrected chi connectivity index (χ4v) is 4.12. The van der Waals surface area contributed by atoms with Crippen LogP contribution in [0.3, 0.4) is 0 Å². The molecule has 10 heteroatoms. The number of nitrogens with zero attached hydrogens (tertiary/aromatic N) is 5. The van der Waals surface area contributed by atoms with E-state index in [0.717, 1.165) is 32.0 Å². The highest BCUT2D eigenvalue weighted by molar-refractivity contribution is 14.0. The second kappa shape index (κ2) is 11.1. The Bertz CT molecular complexity index is 770. The fourth-order valence-electron chi connectivity index (χ4n) is 4.12. The predicted octanol–water partition coefficient (Wildman–Crippen LogP) is 2.46. The van der Waals surface area contributed by atoms with Gasteiger partial charge in [-0.05, 0) is 39.0 Å². The number of carbonyl (C=O) groups excluding carboxylic acids is 2. The predicted molar refractivity (Wildman–Crippen MR) is 132 cm³/mol. The number of aliphatic imine (C=N–C) groups is 1. The number of hydrogen-bond acceptors (Lipinski definition) is 4. The zero-order valence-corrected chi connectivity index (χ0v) is 21.3. The van der Waals surface area contributed by atoms with Crippen LogP contribution >= 0.6 is 24.0 Å². The molecule has 2 aliphatic heterocycles. The molecule has 0 aliphatic carbocycles. The van der Waals surface area contributed by atoms with Gasteiger partial charge in [-0.15, -0.1) is 24.0 Å². The van der Waals surface area contributed by atoms with E-state index in [4.69, 9.17) is 4.99 Å². The minimum absolute atomic E-state index is 0. The fraction of sp³-hybridized carbons (Fsp3) is 0.714. The van der Waals surface area contributed by atoms with E-state index in [2.05, 4.69) is 38.9 Å². The average molecular weight is 545 g/mol. The molecule has 3 rings (SSSR count). The van der Waals surface area contributed by atoms with E-state index in [1.54, 1.807) is 6.92 Å². The highest BCUT2D eigenvalue weighted by atomic mass is 127. The Labute approximate surface area is 202 Å². The smallest absolute Gasteiger partial charge is 0.325 e. The van der Waals surface area contributed by atoms with Gasteiger partial charge < -0.3 is 20.1 Å². The maximum absolute atomic E-state index is 12.5. The molecule has 3 unspecified atom stereocenters. The van der Waals surface area contributed by atoms with E-state index >= 15 is 0 Å². The molecule has 174 valence electrons. The Kier molecular flexibility index (Phi) is 9.14. The van der Waals surface area contributed by atoms with Crippen LogP contribution in [-0.2, 0) is 4.79 Å². The number of halogens is 1. The third kappa shape index (κ3) is 5.69. The topological polar surface area (TPSA) is 94.9 Å². The molecule has 3 amide bonds. The number of nitrogens with one attached hydrogen (secondary N) is 2. The van der Waals surface area contributed by atoms with Crippen molar-refractivity contribution in [3.63, 3.8) is 0 Å². The summed E-state index contributed by atoms with van der Waals surface area (Å²) >= 11 is 0. The third-order valence-corrected chi connectivity index (χ3v) is 6.31. The molecule has 2 fully saturated rings. The molecule has 0 radical (unpaired) electrons.